The molecule has 0 saturated heterocycles. The van der Waals surface area contributed by atoms with Crippen molar-refractivity contribution in [2.45, 2.75) is 20.3 Å². The molecule has 2 N–H and O–H groups in total. The lowest BCUT2D eigenvalue weighted by Gasteiger charge is -1.86. The fraction of sp³-hybridized carbons (Fsp3) is 0.600. The standard InChI is InChI=1S/C5H11N/c1-3-5(6)4-2/h3H,4,6H2,1-2H3/b5-3-. The second-order valence-corrected chi connectivity index (χ2v) is 1.22. The van der Waals surface area contributed by atoms with Gasteiger partial charge >= 0.3 is 0 Å². The first-order chi connectivity index (χ1) is 2.81. The Morgan fingerprint density at radius 1 is 1.83 bits per heavy atom. The Hall–Kier alpha value is -0.460. The molecule has 0 radical (unpaired) electrons. The summed E-state index contributed by atoms with van der Waals surface area (Å²) in [7, 11) is 0. The lowest BCUT2D eigenvalue weighted by Crippen LogP contribution is -1.91. The maximum atomic E-state index is 5.33. The van der Waals surface area contributed by atoms with Crippen molar-refractivity contribution in [2.24, 2.45) is 5.73 Å². The van der Waals surface area contributed by atoms with E-state index in [4.69, 9.17) is 5.73 Å². The van der Waals surface area contributed by atoms with Crippen molar-refractivity contribution in [1.82, 2.24) is 0 Å². The molecule has 0 aliphatic carbocycles. The molecule has 0 unspecified atom stereocenters. The molecule has 0 saturated carbocycles. The minimum atomic E-state index is 0.968. The zero-order valence-corrected chi connectivity index (χ0v) is 4.36. The summed E-state index contributed by atoms with van der Waals surface area (Å²) in [6.45, 7) is 3.98. The minimum Gasteiger partial charge on any atom is -0.402 e. The summed E-state index contributed by atoms with van der Waals surface area (Å²) in [5, 5.41) is 0. The predicted octanol–water partition coefficient (Wildman–Crippen LogP) is 1.26. The van der Waals surface area contributed by atoms with Gasteiger partial charge in [0.25, 0.3) is 0 Å². The van der Waals surface area contributed by atoms with Gasteiger partial charge in [-0.3, -0.25) is 0 Å². The lowest BCUT2D eigenvalue weighted by molar-refractivity contribution is 1.06. The van der Waals surface area contributed by atoms with E-state index in [2.05, 4.69) is 0 Å². The largest absolute Gasteiger partial charge is 0.402 e. The molecule has 0 aliphatic rings. The maximum Gasteiger partial charge on any atom is 0.00343 e. The highest BCUT2D eigenvalue weighted by molar-refractivity contribution is 4.91. The van der Waals surface area contributed by atoms with Crippen molar-refractivity contribution in [3.8, 4) is 0 Å². The van der Waals surface area contributed by atoms with Crippen molar-refractivity contribution in [1.29, 1.82) is 0 Å². The molecule has 0 aromatic rings. The highest BCUT2D eigenvalue weighted by atomic mass is 14.6. The van der Waals surface area contributed by atoms with Crippen LogP contribution in [0.25, 0.3) is 0 Å². The number of hydrogen-bond acceptors (Lipinski definition) is 1. The Morgan fingerprint density at radius 3 is 2.33 bits per heavy atom. The molecule has 0 heterocycles. The number of hydrogen-bond donors (Lipinski definition) is 1. The molecule has 36 valence electrons. The Balaban J connectivity index is 3.22. The summed E-state index contributed by atoms with van der Waals surface area (Å²) in [5.74, 6) is 0. The monoisotopic (exact) mass is 85.1 g/mol. The van der Waals surface area contributed by atoms with E-state index < -0.39 is 0 Å². The number of nitrogens with two attached hydrogens (primary N) is 1. The molecule has 0 aromatic carbocycles. The first kappa shape index (κ1) is 5.54. The third-order valence-electron chi connectivity index (χ3n) is 0.779. The van der Waals surface area contributed by atoms with Gasteiger partial charge in [0, 0.05) is 5.70 Å². The van der Waals surface area contributed by atoms with Gasteiger partial charge in [-0.05, 0) is 13.3 Å². The molecule has 0 bridgehead atoms. The second kappa shape index (κ2) is 2.76. The van der Waals surface area contributed by atoms with Crippen molar-refractivity contribution in [3.63, 3.8) is 0 Å². The summed E-state index contributed by atoms with van der Waals surface area (Å²) in [5.41, 5.74) is 6.30. The molecule has 0 spiro atoms. The number of rotatable bonds is 1. The van der Waals surface area contributed by atoms with Gasteiger partial charge in [0.2, 0.25) is 0 Å². The van der Waals surface area contributed by atoms with Crippen molar-refractivity contribution in [2.75, 3.05) is 0 Å². The fourth-order valence-corrected chi connectivity index (χ4v) is 0.204. The van der Waals surface area contributed by atoms with Crippen LogP contribution in [0.1, 0.15) is 20.3 Å². The average Bonchev–Trinajstić information content (AvgIpc) is 1.65. The molecule has 0 aromatic heterocycles. The molecular weight excluding hydrogens is 74.1 g/mol. The molecular formula is C5H11N. The van der Waals surface area contributed by atoms with E-state index in [1.54, 1.807) is 0 Å². The van der Waals surface area contributed by atoms with Gasteiger partial charge in [0.05, 0.1) is 0 Å². The van der Waals surface area contributed by atoms with E-state index in [1.807, 2.05) is 19.9 Å². The van der Waals surface area contributed by atoms with Gasteiger partial charge in [-0.25, -0.2) is 0 Å². The fourth-order valence-electron chi connectivity index (χ4n) is 0.204. The third kappa shape index (κ3) is 1.82. The Labute approximate surface area is 38.8 Å². The van der Waals surface area contributed by atoms with E-state index in [-0.39, 0.29) is 0 Å². The molecule has 1 nitrogen and oxygen atoms in total. The first-order valence-electron chi connectivity index (χ1n) is 2.22. The Kier molecular flexibility index (Phi) is 2.55. The van der Waals surface area contributed by atoms with Crippen LogP contribution in [0.15, 0.2) is 11.8 Å². The summed E-state index contributed by atoms with van der Waals surface area (Å²) < 4.78 is 0. The zero-order chi connectivity index (χ0) is 4.99. The van der Waals surface area contributed by atoms with Crippen LogP contribution in [-0.2, 0) is 0 Å². The second-order valence-electron chi connectivity index (χ2n) is 1.22. The molecule has 0 atom stereocenters. The quantitative estimate of drug-likeness (QED) is 0.509. The zero-order valence-electron chi connectivity index (χ0n) is 4.36. The molecule has 6 heavy (non-hydrogen) atoms. The van der Waals surface area contributed by atoms with Crippen molar-refractivity contribution < 1.29 is 0 Å². The van der Waals surface area contributed by atoms with Crippen LogP contribution in [0, 0.1) is 0 Å². The Morgan fingerprint density at radius 2 is 2.33 bits per heavy atom. The smallest absolute Gasteiger partial charge is 0.00343 e. The van der Waals surface area contributed by atoms with Crippen LogP contribution in [0.2, 0.25) is 0 Å². The van der Waals surface area contributed by atoms with Crippen LogP contribution < -0.4 is 5.73 Å². The van der Waals surface area contributed by atoms with E-state index in [0.717, 1.165) is 12.1 Å². The first-order valence-corrected chi connectivity index (χ1v) is 2.22. The highest BCUT2D eigenvalue weighted by Crippen LogP contribution is 1.85. The normalized spacial score (nSPS) is 12.0. The van der Waals surface area contributed by atoms with Crippen molar-refractivity contribution >= 4 is 0 Å². The van der Waals surface area contributed by atoms with Crippen molar-refractivity contribution in [3.05, 3.63) is 11.8 Å². The molecule has 1 heteroatoms. The van der Waals surface area contributed by atoms with Crippen LogP contribution in [0.3, 0.4) is 0 Å². The van der Waals surface area contributed by atoms with Gasteiger partial charge in [0.1, 0.15) is 0 Å². The van der Waals surface area contributed by atoms with Gasteiger partial charge in [-0.2, -0.15) is 0 Å². The Bertz CT molecular complexity index is 55.0. The van der Waals surface area contributed by atoms with Crippen LogP contribution in [0.5, 0.6) is 0 Å². The summed E-state index contributed by atoms with van der Waals surface area (Å²) in [4.78, 5) is 0. The predicted molar refractivity (Wildman–Crippen MR) is 28.2 cm³/mol. The lowest BCUT2D eigenvalue weighted by atomic mass is 10.3. The average molecular weight is 85.1 g/mol. The van der Waals surface area contributed by atoms with E-state index in [1.165, 1.54) is 0 Å². The molecule has 0 rings (SSSR count). The van der Waals surface area contributed by atoms with Crippen LogP contribution in [0.4, 0.5) is 0 Å². The van der Waals surface area contributed by atoms with Gasteiger partial charge in [-0.1, -0.05) is 13.0 Å². The number of allylic oxidation sites excluding steroid dienone is 2. The molecule has 0 amide bonds. The van der Waals surface area contributed by atoms with Gasteiger partial charge in [0.15, 0.2) is 0 Å². The van der Waals surface area contributed by atoms with E-state index >= 15 is 0 Å². The summed E-state index contributed by atoms with van der Waals surface area (Å²) >= 11 is 0. The summed E-state index contributed by atoms with van der Waals surface area (Å²) in [6, 6.07) is 0. The van der Waals surface area contributed by atoms with Crippen LogP contribution >= 0.6 is 0 Å². The summed E-state index contributed by atoms with van der Waals surface area (Å²) in [6.07, 6.45) is 2.89. The van der Waals surface area contributed by atoms with Gasteiger partial charge in [-0.15, -0.1) is 0 Å². The highest BCUT2D eigenvalue weighted by Gasteiger charge is 1.73. The van der Waals surface area contributed by atoms with E-state index in [0.29, 0.717) is 0 Å². The topological polar surface area (TPSA) is 26.0 Å². The minimum absolute atomic E-state index is 0.968. The van der Waals surface area contributed by atoms with Gasteiger partial charge < -0.3 is 5.73 Å². The molecule has 0 fully saturated rings. The maximum absolute atomic E-state index is 5.33. The van der Waals surface area contributed by atoms with E-state index in [9.17, 15) is 0 Å². The SMILES string of the molecule is C/C=C(\N)CC. The van der Waals surface area contributed by atoms with Crippen LogP contribution in [-0.4, -0.2) is 0 Å². The molecule has 0 aliphatic heterocycles. The third-order valence-corrected chi connectivity index (χ3v) is 0.779.